The first-order valence-electron chi connectivity index (χ1n) is 6.75. The maximum atomic E-state index is 6.14. The van der Waals surface area contributed by atoms with E-state index in [4.69, 9.17) is 10.3 Å². The Morgan fingerprint density at radius 1 is 1.10 bits per heavy atom. The lowest BCUT2D eigenvalue weighted by Crippen LogP contribution is -2.26. The van der Waals surface area contributed by atoms with E-state index in [1.807, 2.05) is 39.0 Å². The first-order chi connectivity index (χ1) is 9.95. The predicted molar refractivity (Wildman–Crippen MR) is 79.2 cm³/mol. The molecule has 0 spiro atoms. The van der Waals surface area contributed by atoms with E-state index in [9.17, 15) is 0 Å². The van der Waals surface area contributed by atoms with Gasteiger partial charge in [0.1, 0.15) is 0 Å². The standard InChI is InChI=1S/C15H17N5O/c1-15(2,3)12(16)14-19-13(20-21-14)9-4-5-10-11(8-9)18-7-6-17-10/h4-8,12H,16H2,1-3H3/t12-/m1/s1. The van der Waals surface area contributed by atoms with Crippen LogP contribution in [0.15, 0.2) is 35.1 Å². The molecule has 1 aromatic carbocycles. The van der Waals surface area contributed by atoms with Crippen LogP contribution in [0, 0.1) is 5.41 Å². The third kappa shape index (κ3) is 2.62. The van der Waals surface area contributed by atoms with Crippen molar-refractivity contribution >= 4 is 11.0 Å². The molecule has 108 valence electrons. The van der Waals surface area contributed by atoms with Gasteiger partial charge in [-0.25, -0.2) is 0 Å². The van der Waals surface area contributed by atoms with Crippen LogP contribution < -0.4 is 5.73 Å². The van der Waals surface area contributed by atoms with Gasteiger partial charge in [0.05, 0.1) is 17.1 Å². The lowest BCUT2D eigenvalue weighted by molar-refractivity contribution is 0.253. The molecule has 0 bridgehead atoms. The molecule has 0 radical (unpaired) electrons. The van der Waals surface area contributed by atoms with Crippen molar-refractivity contribution in [1.82, 2.24) is 20.1 Å². The summed E-state index contributed by atoms with van der Waals surface area (Å²) in [5, 5.41) is 4.01. The van der Waals surface area contributed by atoms with Crippen LogP contribution in [0.1, 0.15) is 32.7 Å². The van der Waals surface area contributed by atoms with E-state index in [0.29, 0.717) is 11.7 Å². The van der Waals surface area contributed by atoms with Crippen molar-refractivity contribution in [2.75, 3.05) is 0 Å². The Morgan fingerprint density at radius 2 is 1.81 bits per heavy atom. The van der Waals surface area contributed by atoms with E-state index in [-0.39, 0.29) is 11.5 Å². The van der Waals surface area contributed by atoms with E-state index in [2.05, 4.69) is 20.1 Å². The molecule has 6 heteroatoms. The topological polar surface area (TPSA) is 90.7 Å². The number of rotatable bonds is 2. The van der Waals surface area contributed by atoms with Gasteiger partial charge in [-0.2, -0.15) is 4.98 Å². The van der Waals surface area contributed by atoms with Crippen molar-refractivity contribution < 1.29 is 4.52 Å². The number of nitrogens with two attached hydrogens (primary N) is 1. The molecular formula is C15H17N5O. The molecule has 2 aromatic heterocycles. The summed E-state index contributed by atoms with van der Waals surface area (Å²) in [6.45, 7) is 6.10. The van der Waals surface area contributed by atoms with Crippen molar-refractivity contribution in [3.05, 3.63) is 36.5 Å². The lowest BCUT2D eigenvalue weighted by atomic mass is 9.87. The van der Waals surface area contributed by atoms with Crippen molar-refractivity contribution in [3.8, 4) is 11.4 Å². The van der Waals surface area contributed by atoms with E-state index >= 15 is 0 Å². The van der Waals surface area contributed by atoms with E-state index in [0.717, 1.165) is 16.6 Å². The number of benzene rings is 1. The highest BCUT2D eigenvalue weighted by Gasteiger charge is 2.27. The Balaban J connectivity index is 1.98. The third-order valence-electron chi connectivity index (χ3n) is 3.37. The summed E-state index contributed by atoms with van der Waals surface area (Å²) >= 11 is 0. The number of hydrogen-bond acceptors (Lipinski definition) is 6. The highest BCUT2D eigenvalue weighted by molar-refractivity contribution is 5.79. The number of fused-ring (bicyclic) bond motifs is 1. The van der Waals surface area contributed by atoms with E-state index in [1.165, 1.54) is 0 Å². The van der Waals surface area contributed by atoms with E-state index in [1.54, 1.807) is 12.4 Å². The summed E-state index contributed by atoms with van der Waals surface area (Å²) < 4.78 is 5.30. The van der Waals surface area contributed by atoms with Crippen molar-refractivity contribution in [2.45, 2.75) is 26.8 Å². The molecule has 1 atom stereocenters. The van der Waals surface area contributed by atoms with Gasteiger partial charge in [-0.3, -0.25) is 9.97 Å². The predicted octanol–water partition coefficient (Wildman–Crippen LogP) is 2.73. The average molecular weight is 283 g/mol. The fourth-order valence-electron chi connectivity index (χ4n) is 1.95. The van der Waals surface area contributed by atoms with Gasteiger partial charge in [-0.15, -0.1) is 0 Å². The molecule has 2 heterocycles. The molecule has 0 amide bonds. The second-order valence-corrected chi connectivity index (χ2v) is 6.06. The van der Waals surface area contributed by atoms with Crippen LogP contribution in [0.25, 0.3) is 22.4 Å². The zero-order chi connectivity index (χ0) is 15.0. The molecular weight excluding hydrogens is 266 g/mol. The fraction of sp³-hybridized carbons (Fsp3) is 0.333. The molecule has 6 nitrogen and oxygen atoms in total. The summed E-state index contributed by atoms with van der Waals surface area (Å²) in [6, 6.07) is 5.37. The summed E-state index contributed by atoms with van der Waals surface area (Å²) in [7, 11) is 0. The minimum absolute atomic E-state index is 0.140. The third-order valence-corrected chi connectivity index (χ3v) is 3.37. The molecule has 0 unspecified atom stereocenters. The van der Waals surface area contributed by atoms with Crippen LogP contribution in [0.5, 0.6) is 0 Å². The Labute approximate surface area is 122 Å². The number of hydrogen-bond donors (Lipinski definition) is 1. The van der Waals surface area contributed by atoms with Crippen LogP contribution >= 0.6 is 0 Å². The zero-order valence-corrected chi connectivity index (χ0v) is 12.2. The smallest absolute Gasteiger partial charge is 0.244 e. The summed E-state index contributed by atoms with van der Waals surface area (Å²) in [4.78, 5) is 12.9. The number of nitrogens with zero attached hydrogens (tertiary/aromatic N) is 4. The van der Waals surface area contributed by atoms with Gasteiger partial charge in [0.25, 0.3) is 0 Å². The van der Waals surface area contributed by atoms with Crippen LogP contribution in [-0.2, 0) is 0 Å². The maximum absolute atomic E-state index is 6.14. The minimum atomic E-state index is -0.306. The van der Waals surface area contributed by atoms with Gasteiger partial charge in [0, 0.05) is 18.0 Å². The molecule has 0 aliphatic rings. The Kier molecular flexibility index (Phi) is 3.17. The van der Waals surface area contributed by atoms with Crippen molar-refractivity contribution in [1.29, 1.82) is 0 Å². The van der Waals surface area contributed by atoms with Crippen molar-refractivity contribution in [2.24, 2.45) is 11.1 Å². The molecule has 0 saturated heterocycles. The first-order valence-corrected chi connectivity index (χ1v) is 6.75. The first kappa shape index (κ1) is 13.6. The normalized spacial score (nSPS) is 13.5. The largest absolute Gasteiger partial charge is 0.337 e. The van der Waals surface area contributed by atoms with Crippen LogP contribution in [0.4, 0.5) is 0 Å². The zero-order valence-electron chi connectivity index (χ0n) is 12.2. The molecule has 21 heavy (non-hydrogen) atoms. The van der Waals surface area contributed by atoms with Crippen molar-refractivity contribution in [3.63, 3.8) is 0 Å². The molecule has 3 rings (SSSR count). The summed E-state index contributed by atoms with van der Waals surface area (Å²) in [6.07, 6.45) is 3.32. The second kappa shape index (κ2) is 4.89. The lowest BCUT2D eigenvalue weighted by Gasteiger charge is -2.23. The SMILES string of the molecule is CC(C)(C)[C@H](N)c1nc(-c2ccc3nccnc3c2)no1. The fourth-order valence-corrected chi connectivity index (χ4v) is 1.95. The number of aromatic nitrogens is 4. The van der Waals surface area contributed by atoms with Crippen LogP contribution in [0.2, 0.25) is 0 Å². The monoisotopic (exact) mass is 283 g/mol. The highest BCUT2D eigenvalue weighted by Crippen LogP contribution is 2.30. The maximum Gasteiger partial charge on any atom is 0.244 e. The minimum Gasteiger partial charge on any atom is -0.337 e. The molecule has 3 aromatic rings. The Bertz CT molecular complexity index is 775. The summed E-state index contributed by atoms with van der Waals surface area (Å²) in [5.41, 5.74) is 8.45. The van der Waals surface area contributed by atoms with Gasteiger partial charge >= 0.3 is 0 Å². The van der Waals surface area contributed by atoms with Gasteiger partial charge in [0.15, 0.2) is 0 Å². The quantitative estimate of drug-likeness (QED) is 0.777. The van der Waals surface area contributed by atoms with E-state index < -0.39 is 0 Å². The molecule has 0 saturated carbocycles. The molecule has 0 aliphatic carbocycles. The molecule has 2 N–H and O–H groups in total. The molecule has 0 fully saturated rings. The van der Waals surface area contributed by atoms with Gasteiger partial charge in [-0.05, 0) is 23.6 Å². The van der Waals surface area contributed by atoms with Gasteiger partial charge < -0.3 is 10.3 Å². The highest BCUT2D eigenvalue weighted by atomic mass is 16.5. The van der Waals surface area contributed by atoms with Gasteiger partial charge in [-0.1, -0.05) is 25.9 Å². The molecule has 0 aliphatic heterocycles. The Morgan fingerprint density at radius 3 is 2.52 bits per heavy atom. The summed E-state index contributed by atoms with van der Waals surface area (Å²) in [5.74, 6) is 0.953. The van der Waals surface area contributed by atoms with Crippen LogP contribution in [-0.4, -0.2) is 20.1 Å². The van der Waals surface area contributed by atoms with Gasteiger partial charge in [0.2, 0.25) is 11.7 Å². The second-order valence-electron chi connectivity index (χ2n) is 6.06. The average Bonchev–Trinajstić information content (AvgIpc) is 2.94. The van der Waals surface area contributed by atoms with Crippen LogP contribution in [0.3, 0.4) is 0 Å². The Hall–Kier alpha value is -2.34.